The molecule has 17 heavy (non-hydrogen) atoms. The highest BCUT2D eigenvalue weighted by Crippen LogP contribution is 2.35. The largest absolute Gasteiger partial charge is 0.376 e. The van der Waals surface area contributed by atoms with Crippen LogP contribution in [0.25, 0.3) is 0 Å². The summed E-state index contributed by atoms with van der Waals surface area (Å²) < 4.78 is 2.91. The van der Waals surface area contributed by atoms with E-state index in [-0.39, 0.29) is 6.04 Å². The van der Waals surface area contributed by atoms with Gasteiger partial charge in [0.2, 0.25) is 0 Å². The van der Waals surface area contributed by atoms with Gasteiger partial charge < -0.3 is 5.32 Å². The Labute approximate surface area is 126 Å². The van der Waals surface area contributed by atoms with E-state index in [1.807, 2.05) is 24.3 Å². The maximum atomic E-state index is 5.94. The van der Waals surface area contributed by atoms with Gasteiger partial charge in [0.1, 0.15) is 0 Å². The third-order valence-electron chi connectivity index (χ3n) is 2.34. The maximum Gasteiger partial charge on any atom is 0.0932 e. The smallest absolute Gasteiger partial charge is 0.0932 e. The number of thiophene rings is 1. The van der Waals surface area contributed by atoms with Gasteiger partial charge in [0.25, 0.3) is 0 Å². The highest BCUT2D eigenvalue weighted by atomic mass is 79.9. The van der Waals surface area contributed by atoms with Crippen LogP contribution in [-0.2, 0) is 0 Å². The van der Waals surface area contributed by atoms with Crippen LogP contribution in [0.5, 0.6) is 0 Å². The first kappa shape index (κ1) is 13.4. The minimum absolute atomic E-state index is 0.225. The lowest BCUT2D eigenvalue weighted by atomic mass is 10.2. The summed E-state index contributed by atoms with van der Waals surface area (Å²) in [6, 6.07) is 10.2. The van der Waals surface area contributed by atoms with Crippen molar-refractivity contribution in [2.24, 2.45) is 0 Å². The molecule has 0 saturated carbocycles. The van der Waals surface area contributed by atoms with Crippen molar-refractivity contribution in [1.29, 1.82) is 0 Å². The number of rotatable bonds is 3. The Morgan fingerprint density at radius 1 is 1.18 bits per heavy atom. The van der Waals surface area contributed by atoms with Crippen molar-refractivity contribution in [1.82, 2.24) is 0 Å². The Hall–Kier alpha value is -0.0300. The average molecular weight is 396 g/mol. The second-order valence-electron chi connectivity index (χ2n) is 3.60. The van der Waals surface area contributed by atoms with E-state index in [9.17, 15) is 0 Å². The Balaban J connectivity index is 2.21. The molecule has 1 aromatic heterocycles. The van der Waals surface area contributed by atoms with Crippen LogP contribution in [-0.4, -0.2) is 0 Å². The summed E-state index contributed by atoms with van der Waals surface area (Å²) in [6.45, 7) is 2.12. The van der Waals surface area contributed by atoms with Crippen molar-refractivity contribution < 1.29 is 0 Å². The van der Waals surface area contributed by atoms with Gasteiger partial charge in [0.15, 0.2) is 0 Å². The van der Waals surface area contributed by atoms with E-state index in [1.165, 1.54) is 4.88 Å². The van der Waals surface area contributed by atoms with Crippen LogP contribution in [0.3, 0.4) is 0 Å². The molecule has 5 heteroatoms. The highest BCUT2D eigenvalue weighted by molar-refractivity contribution is 9.11. The summed E-state index contributed by atoms with van der Waals surface area (Å²) in [4.78, 5) is 1.22. The van der Waals surface area contributed by atoms with Crippen molar-refractivity contribution in [2.75, 3.05) is 5.32 Å². The third-order valence-corrected chi connectivity index (χ3v) is 5.08. The summed E-state index contributed by atoms with van der Waals surface area (Å²) in [6.07, 6.45) is 0. The predicted octanol–water partition coefficient (Wildman–Crippen LogP) is 6.10. The lowest BCUT2D eigenvalue weighted by Crippen LogP contribution is -2.05. The van der Waals surface area contributed by atoms with Crippen LogP contribution in [0.4, 0.5) is 5.69 Å². The molecule has 0 spiro atoms. The fourth-order valence-corrected chi connectivity index (χ4v) is 3.77. The molecular weight excluding hydrogens is 385 g/mol. The van der Waals surface area contributed by atoms with Gasteiger partial charge in [-0.05, 0) is 63.0 Å². The molecule has 1 nitrogen and oxygen atoms in total. The Morgan fingerprint density at radius 2 is 1.82 bits per heavy atom. The molecule has 1 N–H and O–H groups in total. The van der Waals surface area contributed by atoms with Crippen molar-refractivity contribution in [3.05, 3.63) is 48.5 Å². The molecule has 1 atom stereocenters. The number of hydrogen-bond donors (Lipinski definition) is 1. The van der Waals surface area contributed by atoms with Crippen molar-refractivity contribution in [3.63, 3.8) is 0 Å². The average Bonchev–Trinajstić information content (AvgIpc) is 2.70. The van der Waals surface area contributed by atoms with E-state index in [0.29, 0.717) is 0 Å². The summed E-state index contributed by atoms with van der Waals surface area (Å²) in [7, 11) is 0. The van der Waals surface area contributed by atoms with E-state index in [1.54, 1.807) is 11.3 Å². The molecule has 0 aliphatic heterocycles. The van der Waals surface area contributed by atoms with Crippen LogP contribution in [0, 0.1) is 0 Å². The van der Waals surface area contributed by atoms with Crippen LogP contribution in [0.15, 0.2) is 39.3 Å². The number of anilines is 1. The Kier molecular flexibility index (Phi) is 4.53. The molecule has 1 aromatic carbocycles. The van der Waals surface area contributed by atoms with Gasteiger partial charge >= 0.3 is 0 Å². The molecule has 0 fully saturated rings. The zero-order chi connectivity index (χ0) is 12.4. The first-order valence-electron chi connectivity index (χ1n) is 5.03. The standard InChI is InChI=1S/C12H10Br2ClNS/c1-7(10-5-6-11(15)17-10)16-12-8(13)3-2-4-9(12)14/h2-7,16H,1H3. The van der Waals surface area contributed by atoms with Gasteiger partial charge in [-0.2, -0.15) is 0 Å². The van der Waals surface area contributed by atoms with Gasteiger partial charge in [-0.25, -0.2) is 0 Å². The second-order valence-corrected chi connectivity index (χ2v) is 7.06. The number of benzene rings is 1. The molecular formula is C12H10Br2ClNS. The molecule has 0 amide bonds. The molecule has 1 unspecified atom stereocenters. The predicted molar refractivity (Wildman–Crippen MR) is 83.2 cm³/mol. The third kappa shape index (κ3) is 3.25. The number of hydrogen-bond acceptors (Lipinski definition) is 2. The minimum atomic E-state index is 0.225. The monoisotopic (exact) mass is 393 g/mol. The quantitative estimate of drug-likeness (QED) is 0.662. The first-order valence-corrected chi connectivity index (χ1v) is 7.82. The van der Waals surface area contributed by atoms with Crippen LogP contribution in [0.1, 0.15) is 17.8 Å². The number of para-hydroxylation sites is 1. The molecule has 0 saturated heterocycles. The fraction of sp³-hybridized carbons (Fsp3) is 0.167. The van der Waals surface area contributed by atoms with E-state index < -0.39 is 0 Å². The van der Waals surface area contributed by atoms with Crippen molar-refractivity contribution in [2.45, 2.75) is 13.0 Å². The SMILES string of the molecule is CC(Nc1c(Br)cccc1Br)c1ccc(Cl)s1. The molecule has 2 aromatic rings. The van der Waals surface area contributed by atoms with Crippen molar-refractivity contribution >= 4 is 60.5 Å². The molecule has 0 radical (unpaired) electrons. The highest BCUT2D eigenvalue weighted by Gasteiger charge is 2.11. The van der Waals surface area contributed by atoms with E-state index in [2.05, 4.69) is 50.2 Å². The number of halogens is 3. The summed E-state index contributed by atoms with van der Waals surface area (Å²) in [5, 5.41) is 3.47. The molecule has 2 rings (SSSR count). The maximum absolute atomic E-state index is 5.94. The summed E-state index contributed by atoms with van der Waals surface area (Å²) in [5.41, 5.74) is 1.06. The summed E-state index contributed by atoms with van der Waals surface area (Å²) >= 11 is 14.6. The lowest BCUT2D eigenvalue weighted by molar-refractivity contribution is 0.905. The Bertz CT molecular complexity index is 507. The van der Waals surface area contributed by atoms with Crippen LogP contribution < -0.4 is 5.32 Å². The zero-order valence-corrected chi connectivity index (χ0v) is 13.8. The van der Waals surface area contributed by atoms with Gasteiger partial charge in [0.05, 0.1) is 16.1 Å². The van der Waals surface area contributed by atoms with E-state index >= 15 is 0 Å². The molecule has 0 aliphatic rings. The van der Waals surface area contributed by atoms with E-state index in [4.69, 9.17) is 11.6 Å². The molecule has 0 bridgehead atoms. The van der Waals surface area contributed by atoms with Gasteiger partial charge in [-0.1, -0.05) is 17.7 Å². The lowest BCUT2D eigenvalue weighted by Gasteiger charge is -2.16. The van der Waals surface area contributed by atoms with Crippen molar-refractivity contribution in [3.8, 4) is 0 Å². The fourth-order valence-electron chi connectivity index (χ4n) is 1.48. The van der Waals surface area contributed by atoms with Gasteiger partial charge in [-0.15, -0.1) is 11.3 Å². The molecule has 1 heterocycles. The van der Waals surface area contributed by atoms with Gasteiger partial charge in [-0.3, -0.25) is 0 Å². The molecule has 0 aliphatic carbocycles. The second kappa shape index (κ2) is 5.74. The zero-order valence-electron chi connectivity index (χ0n) is 9.01. The number of nitrogens with one attached hydrogen (secondary N) is 1. The van der Waals surface area contributed by atoms with Crippen LogP contribution in [0.2, 0.25) is 4.34 Å². The normalized spacial score (nSPS) is 12.5. The molecule has 90 valence electrons. The summed E-state index contributed by atoms with van der Waals surface area (Å²) in [5.74, 6) is 0. The van der Waals surface area contributed by atoms with E-state index in [0.717, 1.165) is 19.0 Å². The first-order chi connectivity index (χ1) is 8.08. The topological polar surface area (TPSA) is 12.0 Å². The minimum Gasteiger partial charge on any atom is -0.376 e. The van der Waals surface area contributed by atoms with Crippen LogP contribution >= 0.6 is 54.8 Å². The Morgan fingerprint density at radius 3 is 2.35 bits per heavy atom. The van der Waals surface area contributed by atoms with Gasteiger partial charge in [0, 0.05) is 13.8 Å².